The molecule has 1 fully saturated rings. The Labute approximate surface area is 145 Å². The Balaban J connectivity index is 2.59. The lowest BCUT2D eigenvalue weighted by Gasteiger charge is -2.27. The van der Waals surface area contributed by atoms with Crippen LogP contribution in [0.15, 0.2) is 0 Å². The maximum atomic E-state index is 12.1. The molecule has 0 atom stereocenters. The fraction of sp³-hybridized carbons (Fsp3) is 0.833. The van der Waals surface area contributed by atoms with Crippen LogP contribution in [0.4, 0.5) is 0 Å². The average molecular weight is 339 g/mol. The third-order valence-corrected chi connectivity index (χ3v) is 4.33. The van der Waals surface area contributed by atoms with Crippen molar-refractivity contribution in [1.29, 1.82) is 5.41 Å². The minimum atomic E-state index is -0.491. The van der Waals surface area contributed by atoms with Gasteiger partial charge in [0.05, 0.1) is 0 Å². The van der Waals surface area contributed by atoms with E-state index >= 15 is 0 Å². The SMILES string of the molecule is CN1CC(=O)OC(C)(C)CCCCCCCCCCC(=O)NC1=N. The first kappa shape index (κ1) is 20.5. The van der Waals surface area contributed by atoms with Crippen LogP contribution in [0.2, 0.25) is 0 Å². The maximum absolute atomic E-state index is 12.1. The van der Waals surface area contributed by atoms with E-state index in [4.69, 9.17) is 10.1 Å². The van der Waals surface area contributed by atoms with Crippen molar-refractivity contribution in [3.63, 3.8) is 0 Å². The molecule has 0 saturated carbocycles. The molecule has 0 radical (unpaired) electrons. The van der Waals surface area contributed by atoms with E-state index in [-0.39, 0.29) is 24.4 Å². The lowest BCUT2D eigenvalue weighted by molar-refractivity contribution is -0.157. The van der Waals surface area contributed by atoms with Gasteiger partial charge in [0.25, 0.3) is 0 Å². The zero-order valence-electron chi connectivity index (χ0n) is 15.5. The van der Waals surface area contributed by atoms with Crippen molar-refractivity contribution in [1.82, 2.24) is 10.2 Å². The van der Waals surface area contributed by atoms with Gasteiger partial charge in [-0.2, -0.15) is 0 Å². The number of hydrogen-bond donors (Lipinski definition) is 2. The molecule has 0 spiro atoms. The molecule has 0 bridgehead atoms. The fourth-order valence-electron chi connectivity index (χ4n) is 2.85. The molecule has 0 unspecified atom stereocenters. The van der Waals surface area contributed by atoms with Crippen molar-refractivity contribution in [3.8, 4) is 0 Å². The predicted molar refractivity (Wildman–Crippen MR) is 94.8 cm³/mol. The van der Waals surface area contributed by atoms with Crippen molar-refractivity contribution >= 4 is 17.8 Å². The smallest absolute Gasteiger partial charge is 0.326 e. The highest BCUT2D eigenvalue weighted by Gasteiger charge is 2.23. The Bertz CT molecular complexity index is 435. The number of carbonyl (C=O) groups excluding carboxylic acids is 2. The number of ether oxygens (including phenoxy) is 1. The number of esters is 1. The highest BCUT2D eigenvalue weighted by atomic mass is 16.6. The number of carbonyl (C=O) groups is 2. The van der Waals surface area contributed by atoms with Gasteiger partial charge in [0.2, 0.25) is 5.91 Å². The summed E-state index contributed by atoms with van der Waals surface area (Å²) in [6.07, 6.45) is 10.2. The lowest BCUT2D eigenvalue weighted by Crippen LogP contribution is -2.44. The molecular formula is C18H33N3O3. The number of nitrogens with one attached hydrogen (secondary N) is 2. The van der Waals surface area contributed by atoms with Crippen LogP contribution >= 0.6 is 0 Å². The predicted octanol–water partition coefficient (Wildman–Crippen LogP) is 3.21. The van der Waals surface area contributed by atoms with E-state index in [0.717, 1.165) is 38.5 Å². The Hall–Kier alpha value is -1.59. The highest BCUT2D eigenvalue weighted by molar-refractivity contribution is 5.96. The molecule has 1 saturated heterocycles. The van der Waals surface area contributed by atoms with Gasteiger partial charge in [0.1, 0.15) is 12.1 Å². The minimum absolute atomic E-state index is 0.0391. The van der Waals surface area contributed by atoms with E-state index in [1.54, 1.807) is 7.05 Å². The second-order valence-corrected chi connectivity index (χ2v) is 7.32. The zero-order valence-corrected chi connectivity index (χ0v) is 15.5. The molecule has 0 aliphatic carbocycles. The van der Waals surface area contributed by atoms with Crippen molar-refractivity contribution in [2.24, 2.45) is 0 Å². The first-order chi connectivity index (χ1) is 11.3. The summed E-state index contributed by atoms with van der Waals surface area (Å²) in [6, 6.07) is 0. The lowest BCUT2D eigenvalue weighted by atomic mass is 9.99. The molecule has 0 aromatic carbocycles. The van der Waals surface area contributed by atoms with Gasteiger partial charge in [0.15, 0.2) is 5.96 Å². The summed E-state index contributed by atoms with van der Waals surface area (Å²) in [5, 5.41) is 10.4. The van der Waals surface area contributed by atoms with Gasteiger partial charge in [-0.05, 0) is 33.1 Å². The summed E-state index contributed by atoms with van der Waals surface area (Å²) in [6.45, 7) is 3.81. The Morgan fingerprint density at radius 3 is 2.17 bits per heavy atom. The number of amides is 1. The number of hydrogen-bond acceptors (Lipinski definition) is 4. The molecule has 1 rings (SSSR count). The van der Waals surface area contributed by atoms with E-state index in [9.17, 15) is 9.59 Å². The van der Waals surface area contributed by atoms with Crippen LogP contribution in [0, 0.1) is 5.41 Å². The van der Waals surface area contributed by atoms with Crippen LogP contribution in [0.25, 0.3) is 0 Å². The average Bonchev–Trinajstić information content (AvgIpc) is 2.47. The summed E-state index contributed by atoms with van der Waals surface area (Å²) in [5.41, 5.74) is -0.491. The molecule has 6 heteroatoms. The van der Waals surface area contributed by atoms with E-state index < -0.39 is 5.60 Å². The summed E-state index contributed by atoms with van der Waals surface area (Å²) in [4.78, 5) is 25.3. The van der Waals surface area contributed by atoms with E-state index in [0.29, 0.717) is 6.42 Å². The number of likely N-dealkylation sites (N-methyl/N-ethyl adjacent to an activating group) is 1. The largest absolute Gasteiger partial charge is 0.458 e. The molecule has 1 aliphatic heterocycles. The monoisotopic (exact) mass is 339 g/mol. The standard InChI is InChI=1S/C18H33N3O3/c1-18(2)13-11-9-7-5-4-6-8-10-12-15(22)20-17(19)21(3)14-16(23)24-18/h4-14H2,1-3H3,(H2,19,20,22). The number of nitrogens with zero attached hydrogens (tertiary/aromatic N) is 1. The van der Waals surface area contributed by atoms with Crippen LogP contribution in [0.3, 0.4) is 0 Å². The van der Waals surface area contributed by atoms with Crippen molar-refractivity contribution in [2.75, 3.05) is 13.6 Å². The second-order valence-electron chi connectivity index (χ2n) is 7.32. The summed E-state index contributed by atoms with van der Waals surface area (Å²) in [5.74, 6) is -0.597. The van der Waals surface area contributed by atoms with E-state index in [2.05, 4.69) is 5.32 Å². The third kappa shape index (κ3) is 8.89. The van der Waals surface area contributed by atoms with Crippen LogP contribution in [-0.2, 0) is 14.3 Å². The summed E-state index contributed by atoms with van der Waals surface area (Å²) >= 11 is 0. The molecule has 1 amide bonds. The minimum Gasteiger partial charge on any atom is -0.458 e. The maximum Gasteiger partial charge on any atom is 0.326 e. The fourth-order valence-corrected chi connectivity index (χ4v) is 2.85. The van der Waals surface area contributed by atoms with Gasteiger partial charge < -0.3 is 9.64 Å². The third-order valence-electron chi connectivity index (χ3n) is 4.33. The first-order valence-electron chi connectivity index (χ1n) is 9.11. The molecule has 24 heavy (non-hydrogen) atoms. The van der Waals surface area contributed by atoms with Crippen LogP contribution in [-0.4, -0.2) is 41.9 Å². The zero-order chi connectivity index (χ0) is 18.0. The van der Waals surface area contributed by atoms with Gasteiger partial charge in [-0.3, -0.25) is 20.3 Å². The Morgan fingerprint density at radius 2 is 1.54 bits per heavy atom. The topological polar surface area (TPSA) is 82.5 Å². The Kier molecular flexibility index (Phi) is 8.79. The molecule has 0 aromatic heterocycles. The van der Waals surface area contributed by atoms with Crippen LogP contribution in [0.5, 0.6) is 0 Å². The summed E-state index contributed by atoms with van der Waals surface area (Å²) < 4.78 is 5.54. The molecule has 1 heterocycles. The first-order valence-corrected chi connectivity index (χ1v) is 9.11. The number of rotatable bonds is 0. The van der Waals surface area contributed by atoms with E-state index in [1.807, 2.05) is 13.8 Å². The molecule has 1 aliphatic rings. The second kappa shape index (κ2) is 10.3. The van der Waals surface area contributed by atoms with Crippen LogP contribution < -0.4 is 5.32 Å². The molecule has 138 valence electrons. The Morgan fingerprint density at radius 1 is 1.00 bits per heavy atom. The van der Waals surface area contributed by atoms with Gasteiger partial charge in [0, 0.05) is 13.5 Å². The highest BCUT2D eigenvalue weighted by Crippen LogP contribution is 2.20. The van der Waals surface area contributed by atoms with Gasteiger partial charge >= 0.3 is 5.97 Å². The molecule has 6 nitrogen and oxygen atoms in total. The number of guanidine groups is 1. The van der Waals surface area contributed by atoms with Gasteiger partial charge in [-0.1, -0.05) is 38.5 Å². The normalized spacial score (nSPS) is 23.0. The summed E-state index contributed by atoms with van der Waals surface area (Å²) in [7, 11) is 1.61. The molecular weight excluding hydrogens is 306 g/mol. The van der Waals surface area contributed by atoms with Gasteiger partial charge in [-0.15, -0.1) is 0 Å². The van der Waals surface area contributed by atoms with Crippen molar-refractivity contribution in [3.05, 3.63) is 0 Å². The van der Waals surface area contributed by atoms with Crippen LogP contribution in [0.1, 0.15) is 78.1 Å². The van der Waals surface area contributed by atoms with Gasteiger partial charge in [-0.25, -0.2) is 0 Å². The van der Waals surface area contributed by atoms with Crippen molar-refractivity contribution < 1.29 is 14.3 Å². The molecule has 2 N–H and O–H groups in total. The van der Waals surface area contributed by atoms with E-state index in [1.165, 1.54) is 24.2 Å². The van der Waals surface area contributed by atoms with Crippen molar-refractivity contribution in [2.45, 2.75) is 83.7 Å². The quantitative estimate of drug-likeness (QED) is 0.664. The number of cyclic esters (lactones) is 1. The molecule has 0 aromatic rings.